The van der Waals surface area contributed by atoms with Crippen molar-refractivity contribution in [2.24, 2.45) is 0 Å². The number of rotatable bonds is 6. The first-order valence-electron chi connectivity index (χ1n) is 11.3. The van der Waals surface area contributed by atoms with E-state index in [0.717, 1.165) is 16.7 Å². The Kier molecular flexibility index (Phi) is 6.43. The molecule has 178 valence electrons. The minimum atomic E-state index is -4.34. The lowest BCUT2D eigenvalue weighted by Crippen LogP contribution is -2.08. The molecule has 5 rings (SSSR count). The summed E-state index contributed by atoms with van der Waals surface area (Å²) in [5, 5.41) is 11.1. The normalized spacial score (nSPS) is 14.2. The molecule has 1 aliphatic rings. The van der Waals surface area contributed by atoms with Gasteiger partial charge >= 0.3 is 10.4 Å². The van der Waals surface area contributed by atoms with Gasteiger partial charge in [-0.25, -0.2) is 0 Å². The highest BCUT2D eigenvalue weighted by Crippen LogP contribution is 2.51. The van der Waals surface area contributed by atoms with Crippen LogP contribution in [0.3, 0.4) is 0 Å². The lowest BCUT2D eigenvalue weighted by molar-refractivity contribution is 0.418. The summed E-state index contributed by atoms with van der Waals surface area (Å²) < 4.78 is 34.7. The molecule has 0 unspecified atom stereocenters. The van der Waals surface area contributed by atoms with Crippen molar-refractivity contribution in [3.8, 4) is 17.2 Å². The highest BCUT2D eigenvalue weighted by molar-refractivity contribution is 7.82. The Labute approximate surface area is 210 Å². The number of aromatic hydroxyl groups is 1. The fourth-order valence-electron chi connectivity index (χ4n) is 3.87. The molecule has 6 heteroatoms. The van der Waals surface area contributed by atoms with Crippen molar-refractivity contribution in [3.05, 3.63) is 124 Å². The number of fused-ring (bicyclic) bond motifs is 1. The molecule has 0 saturated heterocycles. The Morgan fingerprint density at radius 2 is 0.889 bits per heavy atom. The van der Waals surface area contributed by atoms with Gasteiger partial charge in [0.1, 0.15) is 0 Å². The van der Waals surface area contributed by atoms with Crippen molar-refractivity contribution in [2.45, 2.75) is 0 Å². The van der Waals surface area contributed by atoms with Crippen LogP contribution in [0.1, 0.15) is 33.4 Å². The average Bonchev–Trinajstić information content (AvgIpc) is 3.23. The number of phenolic OH excluding ortho intramolecular Hbond substituents is 1. The molecule has 5 nitrogen and oxygen atoms in total. The van der Waals surface area contributed by atoms with E-state index in [1.165, 1.54) is 0 Å². The standard InChI is InChI=1S/C30H22O5S/c31-28-26(20-17-23-12-6-2-7-13-23)25(19-16-22-10-4-1-5-11-22)27(21-18-24-14-8-3-9-15-24)29-30(28)35-36(32,33)34-29/h1-21,31H/b19-16+,20-17+,21-18+. The van der Waals surface area contributed by atoms with Crippen LogP contribution in [0.4, 0.5) is 0 Å². The van der Waals surface area contributed by atoms with E-state index in [1.54, 1.807) is 12.2 Å². The minimum absolute atomic E-state index is 0.0516. The van der Waals surface area contributed by atoms with Gasteiger partial charge in [0.2, 0.25) is 11.5 Å². The Balaban J connectivity index is 1.73. The molecule has 4 aromatic carbocycles. The molecule has 36 heavy (non-hydrogen) atoms. The molecule has 0 aliphatic carbocycles. The van der Waals surface area contributed by atoms with Crippen molar-refractivity contribution in [2.75, 3.05) is 0 Å². The van der Waals surface area contributed by atoms with Crippen LogP contribution in [0.2, 0.25) is 0 Å². The SMILES string of the molecule is O=S1(=O)Oc2c(O)c(/C=C/c3ccccc3)c(/C=C/c3ccccc3)c(/C=C/c3ccccc3)c2O1. The molecule has 0 radical (unpaired) electrons. The van der Waals surface area contributed by atoms with Gasteiger partial charge in [0.15, 0.2) is 5.75 Å². The molecule has 0 fully saturated rings. The predicted octanol–water partition coefficient (Wildman–Crippen LogP) is 6.92. The van der Waals surface area contributed by atoms with Gasteiger partial charge in [-0.2, -0.15) is 0 Å². The van der Waals surface area contributed by atoms with Crippen LogP contribution < -0.4 is 8.37 Å². The van der Waals surface area contributed by atoms with E-state index in [-0.39, 0.29) is 17.2 Å². The van der Waals surface area contributed by atoms with E-state index >= 15 is 0 Å². The summed E-state index contributed by atoms with van der Waals surface area (Å²) in [7, 11) is -4.34. The second-order valence-electron chi connectivity index (χ2n) is 8.05. The van der Waals surface area contributed by atoms with Gasteiger partial charge in [0.25, 0.3) is 0 Å². The largest absolute Gasteiger partial charge is 0.504 e. The maximum atomic E-state index is 12.2. The van der Waals surface area contributed by atoms with Crippen molar-refractivity contribution in [1.82, 2.24) is 0 Å². The molecule has 1 aliphatic heterocycles. The topological polar surface area (TPSA) is 72.8 Å². The summed E-state index contributed by atoms with van der Waals surface area (Å²) in [6.45, 7) is 0. The van der Waals surface area contributed by atoms with E-state index in [2.05, 4.69) is 0 Å². The maximum Gasteiger partial charge on any atom is 0.501 e. The van der Waals surface area contributed by atoms with Crippen LogP contribution >= 0.6 is 0 Å². The first-order valence-corrected chi connectivity index (χ1v) is 12.6. The van der Waals surface area contributed by atoms with Gasteiger partial charge < -0.3 is 13.5 Å². The zero-order valence-electron chi connectivity index (χ0n) is 19.1. The van der Waals surface area contributed by atoms with Crippen LogP contribution in [0.15, 0.2) is 91.0 Å². The lowest BCUT2D eigenvalue weighted by Gasteiger charge is -2.12. The van der Waals surface area contributed by atoms with Gasteiger partial charge in [-0.15, -0.1) is 8.42 Å². The van der Waals surface area contributed by atoms with Gasteiger partial charge in [-0.05, 0) is 34.4 Å². The summed E-state index contributed by atoms with van der Waals surface area (Å²) in [6, 6.07) is 28.9. The zero-order valence-corrected chi connectivity index (χ0v) is 19.9. The van der Waals surface area contributed by atoms with Crippen LogP contribution in [-0.4, -0.2) is 13.5 Å². The quantitative estimate of drug-likeness (QED) is 0.295. The number of hydrogen-bond donors (Lipinski definition) is 1. The fourth-order valence-corrected chi connectivity index (χ4v) is 4.64. The molecule has 4 aromatic rings. The van der Waals surface area contributed by atoms with E-state index in [1.807, 2.05) is 115 Å². The molecular formula is C30H22O5S. The number of benzene rings is 4. The molecule has 0 spiro atoms. The monoisotopic (exact) mass is 494 g/mol. The van der Waals surface area contributed by atoms with Crippen molar-refractivity contribution in [3.63, 3.8) is 0 Å². The third-order valence-corrected chi connectivity index (χ3v) is 6.34. The Hall–Kier alpha value is -4.55. The highest BCUT2D eigenvalue weighted by atomic mass is 32.3. The predicted molar refractivity (Wildman–Crippen MR) is 144 cm³/mol. The van der Waals surface area contributed by atoms with Crippen LogP contribution in [-0.2, 0) is 10.4 Å². The Bertz CT molecular complexity index is 1570. The van der Waals surface area contributed by atoms with Gasteiger partial charge in [0, 0.05) is 11.1 Å². The van der Waals surface area contributed by atoms with Crippen molar-refractivity contribution in [1.29, 1.82) is 0 Å². The molecular weight excluding hydrogens is 472 g/mol. The molecule has 0 saturated carbocycles. The van der Waals surface area contributed by atoms with Crippen LogP contribution in [0, 0.1) is 0 Å². The second kappa shape index (κ2) is 9.98. The molecule has 1 N–H and O–H groups in total. The third-order valence-electron chi connectivity index (χ3n) is 5.60. The number of hydrogen-bond acceptors (Lipinski definition) is 5. The average molecular weight is 495 g/mol. The van der Waals surface area contributed by atoms with Crippen LogP contribution in [0.25, 0.3) is 36.5 Å². The van der Waals surface area contributed by atoms with Crippen molar-refractivity contribution < 1.29 is 21.9 Å². The summed E-state index contributed by atoms with van der Waals surface area (Å²) in [5.74, 6) is -0.598. The minimum Gasteiger partial charge on any atom is -0.504 e. The molecule has 0 atom stereocenters. The number of phenols is 1. The van der Waals surface area contributed by atoms with Gasteiger partial charge in [-0.1, -0.05) is 115 Å². The summed E-state index contributed by atoms with van der Waals surface area (Å²) >= 11 is 0. The summed E-state index contributed by atoms with van der Waals surface area (Å²) in [5.41, 5.74) is 4.22. The second-order valence-corrected chi connectivity index (χ2v) is 9.20. The maximum absolute atomic E-state index is 12.2. The summed E-state index contributed by atoms with van der Waals surface area (Å²) in [6.07, 6.45) is 10.9. The first kappa shape index (κ1) is 23.2. The summed E-state index contributed by atoms with van der Waals surface area (Å²) in [4.78, 5) is 0. The Morgan fingerprint density at radius 3 is 1.36 bits per heavy atom. The van der Waals surface area contributed by atoms with E-state index in [9.17, 15) is 13.5 Å². The highest BCUT2D eigenvalue weighted by Gasteiger charge is 2.36. The van der Waals surface area contributed by atoms with E-state index < -0.39 is 10.4 Å². The molecule has 0 amide bonds. The molecule has 0 bridgehead atoms. The smallest absolute Gasteiger partial charge is 0.501 e. The zero-order chi connectivity index (χ0) is 25.0. The van der Waals surface area contributed by atoms with Gasteiger partial charge in [-0.3, -0.25) is 0 Å². The molecule has 0 aromatic heterocycles. The Morgan fingerprint density at radius 1 is 0.500 bits per heavy atom. The van der Waals surface area contributed by atoms with E-state index in [0.29, 0.717) is 16.7 Å². The lowest BCUT2D eigenvalue weighted by atomic mass is 9.95. The molecule has 1 heterocycles. The van der Waals surface area contributed by atoms with Crippen molar-refractivity contribution >= 4 is 46.9 Å². The first-order chi connectivity index (χ1) is 17.5. The van der Waals surface area contributed by atoms with Crippen LogP contribution in [0.5, 0.6) is 17.2 Å². The fraction of sp³-hybridized carbons (Fsp3) is 0. The van der Waals surface area contributed by atoms with Gasteiger partial charge in [0.05, 0.1) is 0 Å². The third kappa shape index (κ3) is 5.09. The van der Waals surface area contributed by atoms with E-state index in [4.69, 9.17) is 8.37 Å².